The van der Waals surface area contributed by atoms with Crippen LogP contribution in [0.25, 0.3) is 0 Å². The van der Waals surface area contributed by atoms with E-state index in [2.05, 4.69) is 10.8 Å². The highest BCUT2D eigenvalue weighted by Gasteiger charge is 2.34. The number of carbonyl (C=O) groups excluding carboxylic acids is 2. The van der Waals surface area contributed by atoms with Crippen LogP contribution in [-0.2, 0) is 9.63 Å². The summed E-state index contributed by atoms with van der Waals surface area (Å²) < 4.78 is 0. The fourth-order valence-electron chi connectivity index (χ4n) is 2.79. The molecule has 3 N–H and O–H groups in total. The molecule has 0 spiro atoms. The first-order valence-electron chi connectivity index (χ1n) is 8.63. The molecule has 2 atom stereocenters. The molecule has 3 rings (SSSR count). The van der Waals surface area contributed by atoms with Crippen LogP contribution in [-0.4, -0.2) is 35.2 Å². The van der Waals surface area contributed by atoms with Gasteiger partial charge in [0, 0.05) is 6.04 Å². The molecule has 2 saturated carbocycles. The quantitative estimate of drug-likeness (QED) is 0.629. The van der Waals surface area contributed by atoms with Gasteiger partial charge in [-0.05, 0) is 37.3 Å². The zero-order valence-electron chi connectivity index (χ0n) is 13.6. The van der Waals surface area contributed by atoms with Crippen LogP contribution >= 0.6 is 0 Å². The minimum absolute atomic E-state index is 0.184. The summed E-state index contributed by atoms with van der Waals surface area (Å²) in [7, 11) is 0. The second-order valence-electron chi connectivity index (χ2n) is 6.74. The molecule has 2 aliphatic rings. The third kappa shape index (κ3) is 4.55. The summed E-state index contributed by atoms with van der Waals surface area (Å²) >= 11 is 0. The number of carbonyl (C=O) groups is 2. The van der Waals surface area contributed by atoms with Crippen molar-refractivity contribution in [2.75, 3.05) is 0 Å². The van der Waals surface area contributed by atoms with Crippen LogP contribution in [0.5, 0.6) is 0 Å². The summed E-state index contributed by atoms with van der Waals surface area (Å²) in [5.41, 5.74) is 3.05. The first kappa shape index (κ1) is 16.9. The SMILES string of the molecule is O=C(ONC(CC1CCC1)C(O)C(=O)NC1CC1)c1ccccc1. The Morgan fingerprint density at radius 3 is 2.46 bits per heavy atom. The van der Waals surface area contributed by atoms with Gasteiger partial charge in [0.15, 0.2) is 6.10 Å². The monoisotopic (exact) mass is 332 g/mol. The number of aliphatic hydroxyl groups excluding tert-OH is 1. The summed E-state index contributed by atoms with van der Waals surface area (Å²) in [5.74, 6) is -0.463. The molecule has 24 heavy (non-hydrogen) atoms. The highest BCUT2D eigenvalue weighted by atomic mass is 16.7. The van der Waals surface area contributed by atoms with E-state index < -0.39 is 24.0 Å². The van der Waals surface area contributed by atoms with Gasteiger partial charge >= 0.3 is 5.97 Å². The van der Waals surface area contributed by atoms with Crippen molar-refractivity contribution in [3.8, 4) is 0 Å². The van der Waals surface area contributed by atoms with Crippen molar-refractivity contribution in [3.63, 3.8) is 0 Å². The molecule has 0 aromatic heterocycles. The predicted octanol–water partition coefficient (Wildman–Crippen LogP) is 1.55. The van der Waals surface area contributed by atoms with Gasteiger partial charge in [0.1, 0.15) is 0 Å². The van der Waals surface area contributed by atoms with Gasteiger partial charge in [-0.2, -0.15) is 0 Å². The molecular weight excluding hydrogens is 308 g/mol. The van der Waals surface area contributed by atoms with Gasteiger partial charge in [0.25, 0.3) is 5.91 Å². The molecule has 1 amide bonds. The van der Waals surface area contributed by atoms with Crippen molar-refractivity contribution in [1.29, 1.82) is 0 Å². The topological polar surface area (TPSA) is 87.7 Å². The van der Waals surface area contributed by atoms with Crippen LogP contribution in [0, 0.1) is 5.92 Å². The van der Waals surface area contributed by atoms with Gasteiger partial charge < -0.3 is 15.3 Å². The molecule has 0 radical (unpaired) electrons. The molecule has 0 bridgehead atoms. The van der Waals surface area contributed by atoms with Crippen molar-refractivity contribution in [2.24, 2.45) is 5.92 Å². The normalized spacial score (nSPS) is 19.9. The van der Waals surface area contributed by atoms with Crippen LogP contribution in [0.4, 0.5) is 0 Å². The van der Waals surface area contributed by atoms with E-state index in [1.165, 1.54) is 6.42 Å². The van der Waals surface area contributed by atoms with Crippen molar-refractivity contribution in [1.82, 2.24) is 10.8 Å². The second kappa shape index (κ2) is 7.77. The average molecular weight is 332 g/mol. The van der Waals surface area contributed by atoms with Crippen molar-refractivity contribution in [2.45, 2.75) is 56.7 Å². The molecule has 1 aromatic carbocycles. The lowest BCUT2D eigenvalue weighted by Gasteiger charge is -2.31. The Bertz CT molecular complexity index is 570. The molecule has 6 heteroatoms. The summed E-state index contributed by atoms with van der Waals surface area (Å²) in [6.45, 7) is 0. The number of hydroxylamine groups is 1. The summed E-state index contributed by atoms with van der Waals surface area (Å²) in [4.78, 5) is 29.3. The minimum atomic E-state index is -1.23. The largest absolute Gasteiger partial charge is 0.381 e. The maximum atomic E-state index is 12.1. The van der Waals surface area contributed by atoms with E-state index in [1.807, 2.05) is 6.07 Å². The molecule has 0 saturated heterocycles. The Labute approximate surface area is 141 Å². The average Bonchev–Trinajstić information content (AvgIpc) is 3.37. The number of nitrogens with one attached hydrogen (secondary N) is 2. The lowest BCUT2D eigenvalue weighted by atomic mass is 9.80. The van der Waals surface area contributed by atoms with E-state index in [1.54, 1.807) is 24.3 Å². The van der Waals surface area contributed by atoms with Crippen molar-refractivity contribution >= 4 is 11.9 Å². The summed E-state index contributed by atoms with van der Waals surface area (Å²) in [6.07, 6.45) is 4.65. The Morgan fingerprint density at radius 2 is 1.88 bits per heavy atom. The zero-order valence-corrected chi connectivity index (χ0v) is 13.6. The summed E-state index contributed by atoms with van der Waals surface area (Å²) in [6, 6.07) is 8.21. The lowest BCUT2D eigenvalue weighted by molar-refractivity contribution is -0.133. The predicted molar refractivity (Wildman–Crippen MR) is 87.9 cm³/mol. The highest BCUT2D eigenvalue weighted by molar-refractivity contribution is 5.89. The fraction of sp³-hybridized carbons (Fsp3) is 0.556. The molecule has 6 nitrogen and oxygen atoms in total. The zero-order chi connectivity index (χ0) is 16.9. The van der Waals surface area contributed by atoms with Crippen molar-refractivity contribution in [3.05, 3.63) is 35.9 Å². The van der Waals surface area contributed by atoms with Crippen LogP contribution in [0.1, 0.15) is 48.9 Å². The molecule has 2 aliphatic carbocycles. The van der Waals surface area contributed by atoms with Crippen LogP contribution in [0.3, 0.4) is 0 Å². The Balaban J connectivity index is 1.56. The molecular formula is C18H24N2O4. The van der Waals surface area contributed by atoms with Crippen LogP contribution in [0.15, 0.2) is 30.3 Å². The lowest BCUT2D eigenvalue weighted by Crippen LogP contribution is -2.50. The van der Waals surface area contributed by atoms with Gasteiger partial charge in [0.05, 0.1) is 11.6 Å². The van der Waals surface area contributed by atoms with E-state index in [9.17, 15) is 14.7 Å². The Morgan fingerprint density at radius 1 is 1.17 bits per heavy atom. The van der Waals surface area contributed by atoms with E-state index in [0.717, 1.165) is 25.7 Å². The maximum absolute atomic E-state index is 12.1. The Hall–Kier alpha value is -1.92. The molecule has 2 unspecified atom stereocenters. The maximum Gasteiger partial charge on any atom is 0.356 e. The molecule has 1 aromatic rings. The fourth-order valence-corrected chi connectivity index (χ4v) is 2.79. The number of benzene rings is 1. The van der Waals surface area contributed by atoms with Gasteiger partial charge in [0.2, 0.25) is 0 Å². The van der Waals surface area contributed by atoms with Crippen molar-refractivity contribution < 1.29 is 19.5 Å². The van der Waals surface area contributed by atoms with E-state index in [0.29, 0.717) is 17.9 Å². The molecule has 0 heterocycles. The second-order valence-corrected chi connectivity index (χ2v) is 6.74. The van der Waals surface area contributed by atoms with Gasteiger partial charge in [-0.1, -0.05) is 37.5 Å². The van der Waals surface area contributed by atoms with Crippen LogP contribution < -0.4 is 10.8 Å². The standard InChI is InChI=1S/C18H24N2O4/c21-16(17(22)19-14-9-10-14)15(11-12-5-4-6-12)20-24-18(23)13-7-2-1-3-8-13/h1-3,7-8,12,14-16,20-21H,4-6,9-11H2,(H,19,22). The first-order valence-corrected chi connectivity index (χ1v) is 8.63. The minimum Gasteiger partial charge on any atom is -0.381 e. The molecule has 0 aliphatic heterocycles. The number of hydrogen-bond donors (Lipinski definition) is 3. The van der Waals surface area contributed by atoms with E-state index in [-0.39, 0.29) is 6.04 Å². The third-order valence-corrected chi connectivity index (χ3v) is 4.70. The van der Waals surface area contributed by atoms with Gasteiger partial charge in [-0.25, -0.2) is 4.79 Å². The Kier molecular flexibility index (Phi) is 5.48. The van der Waals surface area contributed by atoms with Crippen LogP contribution in [0.2, 0.25) is 0 Å². The number of rotatable bonds is 8. The number of amides is 1. The van der Waals surface area contributed by atoms with E-state index in [4.69, 9.17) is 4.84 Å². The molecule has 2 fully saturated rings. The summed E-state index contributed by atoms with van der Waals surface area (Å²) in [5, 5.41) is 13.1. The molecule has 130 valence electrons. The van der Waals surface area contributed by atoms with E-state index >= 15 is 0 Å². The number of hydrogen-bond acceptors (Lipinski definition) is 5. The first-order chi connectivity index (χ1) is 11.6. The highest BCUT2D eigenvalue weighted by Crippen LogP contribution is 2.31. The number of aliphatic hydroxyl groups is 1. The smallest absolute Gasteiger partial charge is 0.356 e. The third-order valence-electron chi connectivity index (χ3n) is 4.70. The van der Waals surface area contributed by atoms with Gasteiger partial charge in [-0.15, -0.1) is 5.48 Å². The van der Waals surface area contributed by atoms with Gasteiger partial charge in [-0.3, -0.25) is 4.79 Å².